The number of aliphatic hydroxyl groups is 2. The number of ether oxygens (including phenoxy) is 1. The standard InChI is InChI=1S/C14H21FN6O3/c1-4-20(3)10-8-11(19-13(16)18-10)21(6-17-8)12-14(2,15)9(23)7(5-22)24-12/h6-7,9,12,22-23H,4-5H2,1-3H3,(H2,16,18,19)/t7-,9-,12?,14-/m1/s1. The molecule has 132 valence electrons. The van der Waals surface area contributed by atoms with Crippen LogP contribution in [-0.2, 0) is 4.74 Å². The average Bonchev–Trinajstić information content (AvgIpc) is 3.05. The zero-order valence-corrected chi connectivity index (χ0v) is 13.7. The molecule has 24 heavy (non-hydrogen) atoms. The molecule has 3 heterocycles. The third-order valence-corrected chi connectivity index (χ3v) is 4.41. The molecule has 0 aliphatic carbocycles. The van der Waals surface area contributed by atoms with Gasteiger partial charge in [0.1, 0.15) is 12.2 Å². The summed E-state index contributed by atoms with van der Waals surface area (Å²) in [6.45, 7) is 3.34. The number of aromatic nitrogens is 4. The van der Waals surface area contributed by atoms with Gasteiger partial charge in [0.25, 0.3) is 0 Å². The molecule has 0 amide bonds. The molecule has 1 aliphatic rings. The summed E-state index contributed by atoms with van der Waals surface area (Å²) in [5.74, 6) is 0.550. The molecule has 1 fully saturated rings. The van der Waals surface area contributed by atoms with E-state index < -0.39 is 30.7 Å². The molecule has 0 radical (unpaired) electrons. The van der Waals surface area contributed by atoms with Gasteiger partial charge in [-0.3, -0.25) is 4.57 Å². The molecule has 1 unspecified atom stereocenters. The molecule has 4 atom stereocenters. The maximum atomic E-state index is 15.0. The third-order valence-electron chi connectivity index (χ3n) is 4.41. The number of imidazole rings is 1. The quantitative estimate of drug-likeness (QED) is 0.702. The smallest absolute Gasteiger partial charge is 0.224 e. The minimum absolute atomic E-state index is 0.0253. The summed E-state index contributed by atoms with van der Waals surface area (Å²) in [4.78, 5) is 14.4. The highest BCUT2D eigenvalue weighted by atomic mass is 19.1. The highest BCUT2D eigenvalue weighted by Crippen LogP contribution is 2.42. The number of rotatable bonds is 4. The van der Waals surface area contributed by atoms with Gasteiger partial charge in [0.05, 0.1) is 12.9 Å². The molecule has 1 saturated heterocycles. The molecule has 9 nitrogen and oxygen atoms in total. The topological polar surface area (TPSA) is 123 Å². The summed E-state index contributed by atoms with van der Waals surface area (Å²) in [5.41, 5.74) is 4.41. The number of nitrogen functional groups attached to an aromatic ring is 1. The summed E-state index contributed by atoms with van der Waals surface area (Å²) in [7, 11) is 1.83. The van der Waals surface area contributed by atoms with E-state index in [1.807, 2.05) is 18.9 Å². The lowest BCUT2D eigenvalue weighted by Crippen LogP contribution is -2.40. The SMILES string of the molecule is CCN(C)c1nc(N)nc2c1ncn2C1O[C@H](CO)[C@@H](O)[C@@]1(C)F. The van der Waals surface area contributed by atoms with Gasteiger partial charge >= 0.3 is 0 Å². The van der Waals surface area contributed by atoms with Gasteiger partial charge in [0.15, 0.2) is 28.9 Å². The zero-order valence-electron chi connectivity index (χ0n) is 13.7. The number of nitrogens with zero attached hydrogens (tertiary/aromatic N) is 5. The van der Waals surface area contributed by atoms with E-state index in [9.17, 15) is 10.2 Å². The highest BCUT2D eigenvalue weighted by molar-refractivity contribution is 5.84. The highest BCUT2D eigenvalue weighted by Gasteiger charge is 2.55. The first-order chi connectivity index (χ1) is 11.3. The Labute approximate surface area is 137 Å². The fraction of sp³-hybridized carbons (Fsp3) is 0.643. The number of aliphatic hydroxyl groups excluding tert-OH is 2. The van der Waals surface area contributed by atoms with Crippen molar-refractivity contribution in [3.05, 3.63) is 6.33 Å². The zero-order chi connectivity index (χ0) is 17.6. The van der Waals surface area contributed by atoms with Gasteiger partial charge in [-0.05, 0) is 13.8 Å². The molecule has 3 rings (SSSR count). The largest absolute Gasteiger partial charge is 0.394 e. The monoisotopic (exact) mass is 340 g/mol. The van der Waals surface area contributed by atoms with Crippen molar-refractivity contribution in [1.82, 2.24) is 19.5 Å². The Morgan fingerprint density at radius 3 is 2.79 bits per heavy atom. The molecule has 0 saturated carbocycles. The number of anilines is 2. The van der Waals surface area contributed by atoms with Gasteiger partial charge in [0.2, 0.25) is 5.95 Å². The number of hydrogen-bond acceptors (Lipinski definition) is 8. The molecule has 2 aromatic rings. The average molecular weight is 340 g/mol. The van der Waals surface area contributed by atoms with Crippen molar-refractivity contribution < 1.29 is 19.3 Å². The maximum Gasteiger partial charge on any atom is 0.224 e. The first kappa shape index (κ1) is 16.8. The molecule has 2 aromatic heterocycles. The van der Waals surface area contributed by atoms with Crippen LogP contribution < -0.4 is 10.6 Å². The van der Waals surface area contributed by atoms with Crippen LogP contribution in [0.4, 0.5) is 16.2 Å². The normalized spacial score (nSPS) is 30.2. The number of nitrogens with two attached hydrogens (primary N) is 1. The molecule has 0 bridgehead atoms. The van der Waals surface area contributed by atoms with Crippen LogP contribution in [0.5, 0.6) is 0 Å². The molecular formula is C14H21FN6O3. The summed E-state index contributed by atoms with van der Waals surface area (Å²) in [6.07, 6.45) is -2.31. The van der Waals surface area contributed by atoms with Crippen LogP contribution in [0.1, 0.15) is 20.1 Å². The van der Waals surface area contributed by atoms with Crippen molar-refractivity contribution in [3.8, 4) is 0 Å². The Morgan fingerprint density at radius 1 is 1.50 bits per heavy atom. The fourth-order valence-corrected chi connectivity index (χ4v) is 2.87. The van der Waals surface area contributed by atoms with Crippen LogP contribution in [0.25, 0.3) is 11.2 Å². The molecule has 4 N–H and O–H groups in total. The number of alkyl halides is 1. The van der Waals surface area contributed by atoms with Crippen molar-refractivity contribution in [2.45, 2.75) is 38.0 Å². The summed E-state index contributed by atoms with van der Waals surface area (Å²) in [6, 6.07) is 0. The third kappa shape index (κ3) is 2.38. The second-order valence-corrected chi connectivity index (χ2v) is 6.05. The fourth-order valence-electron chi connectivity index (χ4n) is 2.87. The summed E-state index contributed by atoms with van der Waals surface area (Å²) >= 11 is 0. The second-order valence-electron chi connectivity index (χ2n) is 6.05. The van der Waals surface area contributed by atoms with Crippen LogP contribution in [0.2, 0.25) is 0 Å². The van der Waals surface area contributed by atoms with Crippen LogP contribution in [0.15, 0.2) is 6.33 Å². The predicted molar refractivity (Wildman–Crippen MR) is 85.2 cm³/mol. The van der Waals surface area contributed by atoms with Crippen molar-refractivity contribution >= 4 is 22.9 Å². The molecular weight excluding hydrogens is 319 g/mol. The number of hydrogen-bond donors (Lipinski definition) is 3. The maximum absolute atomic E-state index is 15.0. The van der Waals surface area contributed by atoms with E-state index in [4.69, 9.17) is 10.5 Å². The van der Waals surface area contributed by atoms with E-state index in [0.717, 1.165) is 0 Å². The van der Waals surface area contributed by atoms with Gasteiger partial charge in [-0.15, -0.1) is 0 Å². The Hall–Kier alpha value is -2.04. The van der Waals surface area contributed by atoms with Crippen molar-refractivity contribution in [2.75, 3.05) is 30.8 Å². The van der Waals surface area contributed by atoms with Crippen LogP contribution >= 0.6 is 0 Å². The van der Waals surface area contributed by atoms with E-state index in [2.05, 4.69) is 15.0 Å². The molecule has 0 spiro atoms. The Morgan fingerprint density at radius 2 is 2.21 bits per heavy atom. The van der Waals surface area contributed by atoms with E-state index in [0.29, 0.717) is 23.5 Å². The molecule has 10 heteroatoms. The van der Waals surface area contributed by atoms with Crippen LogP contribution in [0, 0.1) is 0 Å². The Bertz CT molecular complexity index is 751. The van der Waals surface area contributed by atoms with Gasteiger partial charge in [0, 0.05) is 13.6 Å². The minimum Gasteiger partial charge on any atom is -0.394 e. The first-order valence-corrected chi connectivity index (χ1v) is 7.65. The van der Waals surface area contributed by atoms with E-state index in [-0.39, 0.29) is 5.95 Å². The van der Waals surface area contributed by atoms with E-state index >= 15 is 4.39 Å². The Kier molecular flexibility index (Phi) is 4.06. The molecule has 1 aliphatic heterocycles. The van der Waals surface area contributed by atoms with E-state index in [1.165, 1.54) is 17.8 Å². The van der Waals surface area contributed by atoms with Gasteiger partial charge in [-0.25, -0.2) is 9.37 Å². The van der Waals surface area contributed by atoms with Gasteiger partial charge in [-0.1, -0.05) is 0 Å². The predicted octanol–water partition coefficient (Wildman–Crippen LogP) is -0.157. The minimum atomic E-state index is -2.13. The molecule has 0 aromatic carbocycles. The summed E-state index contributed by atoms with van der Waals surface area (Å²) < 4.78 is 21.9. The number of halogens is 1. The summed E-state index contributed by atoms with van der Waals surface area (Å²) in [5, 5.41) is 19.3. The lowest BCUT2D eigenvalue weighted by molar-refractivity contribution is -0.0566. The lowest BCUT2D eigenvalue weighted by atomic mass is 9.98. The first-order valence-electron chi connectivity index (χ1n) is 7.65. The van der Waals surface area contributed by atoms with Crippen LogP contribution in [-0.4, -0.2) is 67.8 Å². The van der Waals surface area contributed by atoms with E-state index in [1.54, 1.807) is 0 Å². The van der Waals surface area contributed by atoms with Crippen molar-refractivity contribution in [3.63, 3.8) is 0 Å². The van der Waals surface area contributed by atoms with Crippen LogP contribution in [0.3, 0.4) is 0 Å². The van der Waals surface area contributed by atoms with Crippen molar-refractivity contribution in [1.29, 1.82) is 0 Å². The number of fused-ring (bicyclic) bond motifs is 1. The Balaban J connectivity index is 2.13. The van der Waals surface area contributed by atoms with Gasteiger partial charge < -0.3 is 25.6 Å². The van der Waals surface area contributed by atoms with Gasteiger partial charge in [-0.2, -0.15) is 9.97 Å². The van der Waals surface area contributed by atoms with Crippen molar-refractivity contribution in [2.24, 2.45) is 0 Å². The second kappa shape index (κ2) is 5.80. The lowest BCUT2D eigenvalue weighted by Gasteiger charge is -2.24.